The number of carbonyl (C=O) groups is 2. The van der Waals surface area contributed by atoms with Crippen LogP contribution in [-0.2, 0) is 22.6 Å². The van der Waals surface area contributed by atoms with Crippen molar-refractivity contribution < 1.29 is 19.1 Å². The highest BCUT2D eigenvalue weighted by Crippen LogP contribution is 2.35. The van der Waals surface area contributed by atoms with Gasteiger partial charge >= 0.3 is 0 Å². The third-order valence-corrected chi connectivity index (χ3v) is 4.54. The van der Waals surface area contributed by atoms with Crippen LogP contribution in [0.3, 0.4) is 0 Å². The van der Waals surface area contributed by atoms with Crippen molar-refractivity contribution in [2.75, 3.05) is 20.2 Å². The van der Waals surface area contributed by atoms with Crippen LogP contribution in [0.1, 0.15) is 31.4 Å². The van der Waals surface area contributed by atoms with Crippen molar-refractivity contribution in [2.24, 2.45) is 5.92 Å². The monoisotopic (exact) mass is 332 g/mol. The number of carbonyl (C=O) groups excluding carboxylic acids is 2. The molecule has 3 rings (SSSR count). The zero-order valence-electron chi connectivity index (χ0n) is 14.4. The van der Waals surface area contributed by atoms with E-state index in [1.165, 1.54) is 0 Å². The summed E-state index contributed by atoms with van der Waals surface area (Å²) in [5.41, 5.74) is 2.04. The van der Waals surface area contributed by atoms with E-state index in [0.717, 1.165) is 29.0 Å². The largest absolute Gasteiger partial charge is 0.494 e. The molecule has 1 saturated heterocycles. The zero-order chi connectivity index (χ0) is 17.3. The quantitative estimate of drug-likeness (QED) is 0.887. The van der Waals surface area contributed by atoms with E-state index in [0.29, 0.717) is 19.7 Å². The molecule has 0 bridgehead atoms. The van der Waals surface area contributed by atoms with Gasteiger partial charge in [-0.1, -0.05) is 0 Å². The van der Waals surface area contributed by atoms with Crippen molar-refractivity contribution in [1.29, 1.82) is 0 Å². The van der Waals surface area contributed by atoms with E-state index in [4.69, 9.17) is 9.47 Å². The van der Waals surface area contributed by atoms with Crippen LogP contribution in [0, 0.1) is 5.92 Å². The van der Waals surface area contributed by atoms with Gasteiger partial charge in [-0.25, -0.2) is 0 Å². The summed E-state index contributed by atoms with van der Waals surface area (Å²) in [6, 6.07) is 3.97. The number of likely N-dealkylation sites (tertiary alicyclic amines) is 1. The molecule has 0 saturated carbocycles. The maximum absolute atomic E-state index is 12.3. The van der Waals surface area contributed by atoms with Gasteiger partial charge in [0.05, 0.1) is 12.5 Å². The number of rotatable bonds is 5. The lowest BCUT2D eigenvalue weighted by molar-refractivity contribution is -0.128. The van der Waals surface area contributed by atoms with Gasteiger partial charge in [0, 0.05) is 44.1 Å². The highest BCUT2D eigenvalue weighted by molar-refractivity contribution is 5.89. The van der Waals surface area contributed by atoms with Gasteiger partial charge in [-0.15, -0.1) is 0 Å². The summed E-state index contributed by atoms with van der Waals surface area (Å²) in [4.78, 5) is 25.5. The van der Waals surface area contributed by atoms with Crippen LogP contribution < -0.4 is 14.8 Å². The minimum atomic E-state index is -0.274. The van der Waals surface area contributed by atoms with E-state index in [1.807, 2.05) is 26.0 Å². The highest BCUT2D eigenvalue weighted by Gasteiger charge is 2.32. The average Bonchev–Trinajstić information content (AvgIpc) is 3.06. The normalized spacial score (nSPS) is 22.3. The summed E-state index contributed by atoms with van der Waals surface area (Å²) in [6.45, 7) is 5.39. The number of benzene rings is 1. The maximum Gasteiger partial charge on any atom is 0.225 e. The molecule has 1 aromatic rings. The summed E-state index contributed by atoms with van der Waals surface area (Å²) >= 11 is 0. The highest BCUT2D eigenvalue weighted by atomic mass is 16.5. The molecule has 2 aliphatic rings. The van der Waals surface area contributed by atoms with Crippen LogP contribution in [0.4, 0.5) is 0 Å². The Kier molecular flexibility index (Phi) is 4.64. The van der Waals surface area contributed by atoms with Crippen molar-refractivity contribution in [2.45, 2.75) is 39.3 Å². The first-order valence-corrected chi connectivity index (χ1v) is 8.44. The second kappa shape index (κ2) is 6.71. The van der Waals surface area contributed by atoms with Crippen molar-refractivity contribution in [3.63, 3.8) is 0 Å². The van der Waals surface area contributed by atoms with Crippen LogP contribution >= 0.6 is 0 Å². The summed E-state index contributed by atoms with van der Waals surface area (Å²) < 4.78 is 11.5. The second-order valence-corrected chi connectivity index (χ2v) is 6.53. The lowest BCUT2D eigenvalue weighted by Gasteiger charge is -2.15. The molecule has 6 heteroatoms. The van der Waals surface area contributed by atoms with E-state index in [-0.39, 0.29) is 30.3 Å². The van der Waals surface area contributed by atoms with Crippen LogP contribution in [0.5, 0.6) is 11.5 Å². The molecule has 1 aromatic carbocycles. The molecule has 6 nitrogen and oxygen atoms in total. The Morgan fingerprint density at radius 1 is 1.42 bits per heavy atom. The molecule has 0 aliphatic carbocycles. The SMILES string of the molecule is CCOc1cc2c(cc1CNC(=O)[C@@H]1CC(=O)N(C)C1)O[C@H](C)C2. The Labute approximate surface area is 142 Å². The van der Waals surface area contributed by atoms with Crippen LogP contribution in [0.25, 0.3) is 0 Å². The summed E-state index contributed by atoms with van der Waals surface area (Å²) in [5, 5.41) is 2.93. The second-order valence-electron chi connectivity index (χ2n) is 6.53. The molecule has 2 atom stereocenters. The van der Waals surface area contributed by atoms with E-state index < -0.39 is 0 Å². The van der Waals surface area contributed by atoms with Gasteiger partial charge in [0.15, 0.2) is 0 Å². The number of amides is 2. The molecule has 1 fully saturated rings. The zero-order valence-corrected chi connectivity index (χ0v) is 14.4. The molecule has 24 heavy (non-hydrogen) atoms. The number of ether oxygens (including phenoxy) is 2. The number of nitrogens with zero attached hydrogens (tertiary/aromatic N) is 1. The standard InChI is InChI=1S/C18H24N2O4/c1-4-23-15-6-12-5-11(2)24-16(12)7-13(15)9-19-18(22)14-8-17(21)20(3)10-14/h6-7,11,14H,4-5,8-10H2,1-3H3,(H,19,22)/t11-,14-/m1/s1. The first kappa shape index (κ1) is 16.6. The van der Waals surface area contributed by atoms with Crippen molar-refractivity contribution in [3.8, 4) is 11.5 Å². The minimum Gasteiger partial charge on any atom is -0.494 e. The van der Waals surface area contributed by atoms with E-state index in [1.54, 1.807) is 11.9 Å². The molecule has 0 aromatic heterocycles. The third-order valence-electron chi connectivity index (χ3n) is 4.54. The van der Waals surface area contributed by atoms with Crippen molar-refractivity contribution >= 4 is 11.8 Å². The van der Waals surface area contributed by atoms with Crippen LogP contribution in [-0.4, -0.2) is 43.0 Å². The predicted octanol–water partition coefficient (Wildman–Crippen LogP) is 1.50. The first-order valence-electron chi connectivity index (χ1n) is 8.44. The van der Waals surface area contributed by atoms with Gasteiger partial charge in [0.25, 0.3) is 0 Å². The molecule has 2 heterocycles. The maximum atomic E-state index is 12.3. The smallest absolute Gasteiger partial charge is 0.225 e. The predicted molar refractivity (Wildman–Crippen MR) is 89.0 cm³/mol. The molecule has 2 amide bonds. The molecular weight excluding hydrogens is 308 g/mol. The van der Waals surface area contributed by atoms with E-state index in [9.17, 15) is 9.59 Å². The average molecular weight is 332 g/mol. The van der Waals surface area contributed by atoms with Gasteiger partial charge in [0.2, 0.25) is 11.8 Å². The fourth-order valence-electron chi connectivity index (χ4n) is 3.28. The number of fused-ring (bicyclic) bond motifs is 1. The topological polar surface area (TPSA) is 67.9 Å². The Morgan fingerprint density at radius 2 is 2.21 bits per heavy atom. The number of hydrogen-bond donors (Lipinski definition) is 1. The lowest BCUT2D eigenvalue weighted by Crippen LogP contribution is -2.31. The van der Waals surface area contributed by atoms with E-state index in [2.05, 4.69) is 5.32 Å². The van der Waals surface area contributed by atoms with Gasteiger partial charge in [-0.3, -0.25) is 9.59 Å². The first-order chi connectivity index (χ1) is 11.5. The van der Waals surface area contributed by atoms with Crippen LogP contribution in [0.15, 0.2) is 12.1 Å². The molecule has 1 N–H and O–H groups in total. The molecule has 0 unspecified atom stereocenters. The van der Waals surface area contributed by atoms with Gasteiger partial charge < -0.3 is 19.7 Å². The number of hydrogen-bond acceptors (Lipinski definition) is 4. The summed E-state index contributed by atoms with van der Waals surface area (Å²) in [5.74, 6) is 1.30. The molecule has 0 spiro atoms. The molecular formula is C18H24N2O4. The van der Waals surface area contributed by atoms with Crippen molar-refractivity contribution in [1.82, 2.24) is 10.2 Å². The Hall–Kier alpha value is -2.24. The summed E-state index contributed by atoms with van der Waals surface area (Å²) in [6.07, 6.45) is 1.32. The molecule has 130 valence electrons. The Balaban J connectivity index is 1.69. The Bertz CT molecular complexity index is 659. The van der Waals surface area contributed by atoms with E-state index >= 15 is 0 Å². The Morgan fingerprint density at radius 3 is 2.88 bits per heavy atom. The lowest BCUT2D eigenvalue weighted by atomic mass is 10.1. The molecule has 2 aliphatic heterocycles. The van der Waals surface area contributed by atoms with Gasteiger partial charge in [-0.2, -0.15) is 0 Å². The number of nitrogens with one attached hydrogen (secondary N) is 1. The molecule has 0 radical (unpaired) electrons. The third kappa shape index (κ3) is 3.32. The van der Waals surface area contributed by atoms with Crippen LogP contribution in [0.2, 0.25) is 0 Å². The fraction of sp³-hybridized carbons (Fsp3) is 0.556. The minimum absolute atomic E-state index is 0.0186. The van der Waals surface area contributed by atoms with Gasteiger partial charge in [0.1, 0.15) is 17.6 Å². The van der Waals surface area contributed by atoms with Crippen molar-refractivity contribution in [3.05, 3.63) is 23.3 Å². The van der Waals surface area contributed by atoms with Gasteiger partial charge in [-0.05, 0) is 26.0 Å². The summed E-state index contributed by atoms with van der Waals surface area (Å²) in [7, 11) is 1.72. The fourth-order valence-corrected chi connectivity index (χ4v) is 3.28.